The maximum absolute atomic E-state index is 11.8. The summed E-state index contributed by atoms with van der Waals surface area (Å²) in [7, 11) is 0. The lowest BCUT2D eigenvalue weighted by molar-refractivity contribution is -0.173. The van der Waals surface area contributed by atoms with Crippen molar-refractivity contribution in [3.05, 3.63) is 35.9 Å². The van der Waals surface area contributed by atoms with Crippen LogP contribution < -0.4 is 11.1 Å². The minimum Gasteiger partial charge on any atom is -0.370 e. The van der Waals surface area contributed by atoms with Crippen molar-refractivity contribution in [2.24, 2.45) is 5.73 Å². The van der Waals surface area contributed by atoms with Crippen LogP contribution in [0.15, 0.2) is 30.3 Å². The Morgan fingerprint density at radius 3 is 2.53 bits per heavy atom. The van der Waals surface area contributed by atoms with E-state index in [9.17, 15) is 18.0 Å². The number of benzene rings is 1. The Morgan fingerprint density at radius 1 is 1.32 bits per heavy atom. The van der Waals surface area contributed by atoms with E-state index in [4.69, 9.17) is 5.73 Å². The second kappa shape index (κ2) is 7.10. The number of amides is 1. The molecule has 0 saturated heterocycles. The van der Waals surface area contributed by atoms with Crippen molar-refractivity contribution in [1.82, 2.24) is 5.32 Å². The SMILES string of the molecule is N[C@@H](C(=O)NCCOCC(F)(F)F)c1ccccc1. The van der Waals surface area contributed by atoms with Crippen molar-refractivity contribution in [2.45, 2.75) is 12.2 Å². The second-order valence-corrected chi connectivity index (χ2v) is 3.85. The number of carbonyl (C=O) groups excluding carboxylic acids is 1. The van der Waals surface area contributed by atoms with Gasteiger partial charge in [0.25, 0.3) is 0 Å². The van der Waals surface area contributed by atoms with Gasteiger partial charge in [-0.3, -0.25) is 4.79 Å². The first-order valence-electron chi connectivity index (χ1n) is 5.63. The fourth-order valence-electron chi connectivity index (χ4n) is 1.36. The standard InChI is InChI=1S/C12H15F3N2O2/c13-12(14,15)8-19-7-6-17-11(18)10(16)9-4-2-1-3-5-9/h1-5,10H,6-8,16H2,(H,17,18)/t10-/m1/s1. The van der Waals surface area contributed by atoms with Crippen LogP contribution in [0.3, 0.4) is 0 Å². The number of nitrogens with two attached hydrogens (primary N) is 1. The first kappa shape index (κ1) is 15.5. The van der Waals surface area contributed by atoms with E-state index in [1.54, 1.807) is 30.3 Å². The van der Waals surface area contributed by atoms with Gasteiger partial charge < -0.3 is 15.8 Å². The predicted octanol–water partition coefficient (Wildman–Crippen LogP) is 1.38. The lowest BCUT2D eigenvalue weighted by Gasteiger charge is -2.13. The average molecular weight is 276 g/mol. The highest BCUT2D eigenvalue weighted by Crippen LogP contribution is 2.14. The summed E-state index contributed by atoms with van der Waals surface area (Å²) in [6, 6.07) is 7.83. The number of rotatable bonds is 6. The van der Waals surface area contributed by atoms with Gasteiger partial charge in [0, 0.05) is 6.54 Å². The first-order chi connectivity index (χ1) is 8.90. The maximum atomic E-state index is 11.8. The summed E-state index contributed by atoms with van der Waals surface area (Å²) in [6.45, 7) is -1.56. The fraction of sp³-hybridized carbons (Fsp3) is 0.417. The molecule has 1 rings (SSSR count). The Bertz CT molecular complexity index is 396. The summed E-state index contributed by atoms with van der Waals surface area (Å²) < 4.78 is 39.6. The molecule has 0 aliphatic rings. The van der Waals surface area contributed by atoms with Gasteiger partial charge in [0.1, 0.15) is 12.6 Å². The largest absolute Gasteiger partial charge is 0.411 e. The van der Waals surface area contributed by atoms with Gasteiger partial charge in [0.05, 0.1) is 6.61 Å². The molecule has 0 bridgehead atoms. The Labute approximate surface area is 108 Å². The van der Waals surface area contributed by atoms with E-state index in [1.165, 1.54) is 0 Å². The molecule has 0 fully saturated rings. The zero-order chi connectivity index (χ0) is 14.3. The molecule has 0 aliphatic heterocycles. The summed E-state index contributed by atoms with van der Waals surface area (Å²) in [4.78, 5) is 11.6. The number of carbonyl (C=O) groups is 1. The van der Waals surface area contributed by atoms with Gasteiger partial charge >= 0.3 is 6.18 Å². The van der Waals surface area contributed by atoms with Crippen molar-refractivity contribution >= 4 is 5.91 Å². The van der Waals surface area contributed by atoms with Gasteiger partial charge in [-0.25, -0.2) is 0 Å². The van der Waals surface area contributed by atoms with Crippen LogP contribution in [0.4, 0.5) is 13.2 Å². The van der Waals surface area contributed by atoms with Gasteiger partial charge in [0.2, 0.25) is 5.91 Å². The van der Waals surface area contributed by atoms with Crippen LogP contribution in [0.25, 0.3) is 0 Å². The number of hydrogen-bond acceptors (Lipinski definition) is 3. The molecule has 0 unspecified atom stereocenters. The Balaban J connectivity index is 2.25. The quantitative estimate of drug-likeness (QED) is 0.772. The molecule has 1 aromatic rings. The Hall–Kier alpha value is -1.60. The van der Waals surface area contributed by atoms with Crippen LogP contribution in [-0.2, 0) is 9.53 Å². The molecule has 0 saturated carbocycles. The van der Waals surface area contributed by atoms with Crippen LogP contribution in [-0.4, -0.2) is 31.8 Å². The third-order valence-electron chi connectivity index (χ3n) is 2.25. The second-order valence-electron chi connectivity index (χ2n) is 3.85. The van der Waals surface area contributed by atoms with Crippen molar-refractivity contribution < 1.29 is 22.7 Å². The molecule has 4 nitrogen and oxygen atoms in total. The van der Waals surface area contributed by atoms with Gasteiger partial charge in [-0.15, -0.1) is 0 Å². The molecule has 1 atom stereocenters. The first-order valence-corrected chi connectivity index (χ1v) is 5.63. The summed E-state index contributed by atoms with van der Waals surface area (Å²) in [5.74, 6) is -0.457. The highest BCUT2D eigenvalue weighted by molar-refractivity contribution is 5.82. The van der Waals surface area contributed by atoms with Gasteiger partial charge in [0.15, 0.2) is 0 Å². The highest BCUT2D eigenvalue weighted by Gasteiger charge is 2.27. The summed E-state index contributed by atoms with van der Waals surface area (Å²) in [5, 5.41) is 2.41. The minimum atomic E-state index is -4.36. The van der Waals surface area contributed by atoms with E-state index in [2.05, 4.69) is 10.1 Å². The molecule has 0 aliphatic carbocycles. The number of halogens is 3. The average Bonchev–Trinajstić information content (AvgIpc) is 2.37. The molecule has 1 amide bonds. The number of nitrogens with one attached hydrogen (secondary N) is 1. The summed E-state index contributed by atoms with van der Waals surface area (Å²) >= 11 is 0. The molecule has 0 heterocycles. The number of ether oxygens (including phenoxy) is 1. The molecule has 0 radical (unpaired) electrons. The van der Waals surface area contributed by atoms with Crippen molar-refractivity contribution in [1.29, 1.82) is 0 Å². The van der Waals surface area contributed by atoms with E-state index in [1.807, 2.05) is 0 Å². The smallest absolute Gasteiger partial charge is 0.370 e. The van der Waals surface area contributed by atoms with E-state index in [0.29, 0.717) is 5.56 Å². The van der Waals surface area contributed by atoms with Gasteiger partial charge in [-0.1, -0.05) is 30.3 Å². The lowest BCUT2D eigenvalue weighted by atomic mass is 10.1. The monoisotopic (exact) mass is 276 g/mol. The van der Waals surface area contributed by atoms with E-state index < -0.39 is 24.7 Å². The van der Waals surface area contributed by atoms with Crippen molar-refractivity contribution in [3.8, 4) is 0 Å². The minimum absolute atomic E-state index is 0.0184. The number of alkyl halides is 3. The predicted molar refractivity (Wildman–Crippen MR) is 63.3 cm³/mol. The third kappa shape index (κ3) is 6.21. The van der Waals surface area contributed by atoms with Crippen LogP contribution in [0, 0.1) is 0 Å². The topological polar surface area (TPSA) is 64.4 Å². The molecule has 0 spiro atoms. The molecular formula is C12H15F3N2O2. The third-order valence-corrected chi connectivity index (χ3v) is 2.25. The van der Waals surface area contributed by atoms with E-state index >= 15 is 0 Å². The Kier molecular flexibility index (Phi) is 5.78. The van der Waals surface area contributed by atoms with Gasteiger partial charge in [-0.2, -0.15) is 13.2 Å². The summed E-state index contributed by atoms with van der Waals surface area (Å²) in [6.07, 6.45) is -4.36. The maximum Gasteiger partial charge on any atom is 0.411 e. The molecule has 1 aromatic carbocycles. The van der Waals surface area contributed by atoms with Crippen LogP contribution in [0.2, 0.25) is 0 Å². The lowest BCUT2D eigenvalue weighted by Crippen LogP contribution is -2.36. The molecule has 19 heavy (non-hydrogen) atoms. The van der Waals surface area contributed by atoms with Crippen LogP contribution in [0.1, 0.15) is 11.6 Å². The molecular weight excluding hydrogens is 261 g/mol. The van der Waals surface area contributed by atoms with E-state index in [0.717, 1.165) is 0 Å². The fourth-order valence-corrected chi connectivity index (χ4v) is 1.36. The van der Waals surface area contributed by atoms with Crippen molar-refractivity contribution in [3.63, 3.8) is 0 Å². The molecule has 7 heteroatoms. The van der Waals surface area contributed by atoms with E-state index in [-0.39, 0.29) is 13.2 Å². The number of hydrogen-bond donors (Lipinski definition) is 2. The molecule has 3 N–H and O–H groups in total. The van der Waals surface area contributed by atoms with Crippen LogP contribution >= 0.6 is 0 Å². The normalized spacial score (nSPS) is 13.1. The summed E-state index contributed by atoms with van der Waals surface area (Å²) in [5.41, 5.74) is 6.33. The van der Waals surface area contributed by atoms with Gasteiger partial charge in [-0.05, 0) is 5.56 Å². The van der Waals surface area contributed by atoms with Crippen LogP contribution in [0.5, 0.6) is 0 Å². The molecule has 106 valence electrons. The highest BCUT2D eigenvalue weighted by atomic mass is 19.4. The van der Waals surface area contributed by atoms with Crippen molar-refractivity contribution in [2.75, 3.05) is 19.8 Å². The zero-order valence-corrected chi connectivity index (χ0v) is 10.1. The Morgan fingerprint density at radius 2 is 1.95 bits per heavy atom. The molecule has 0 aromatic heterocycles. The zero-order valence-electron chi connectivity index (χ0n) is 10.1.